The molecule has 3 aromatic heterocycles. The van der Waals surface area contributed by atoms with Gasteiger partial charge in [0.15, 0.2) is 11.3 Å². The van der Waals surface area contributed by atoms with E-state index in [1.165, 1.54) is 0 Å². The predicted molar refractivity (Wildman–Crippen MR) is 98.6 cm³/mol. The Labute approximate surface area is 150 Å². The summed E-state index contributed by atoms with van der Waals surface area (Å²) in [6.45, 7) is 5.91. The lowest BCUT2D eigenvalue weighted by Crippen LogP contribution is -2.05. The van der Waals surface area contributed by atoms with Crippen molar-refractivity contribution in [1.29, 1.82) is 0 Å². The number of aryl methyl sites for hydroxylation is 1. The van der Waals surface area contributed by atoms with Gasteiger partial charge in [-0.25, -0.2) is 4.98 Å². The average Bonchev–Trinajstić information content (AvgIpc) is 2.98. The highest BCUT2D eigenvalue weighted by atomic mass is 16.5. The molecule has 0 aliphatic carbocycles. The van der Waals surface area contributed by atoms with E-state index in [1.54, 1.807) is 13.2 Å². The molecule has 0 fully saturated rings. The Balaban J connectivity index is 1.99. The molecule has 0 bridgehead atoms. The summed E-state index contributed by atoms with van der Waals surface area (Å²) in [5.41, 5.74) is 3.70. The zero-order valence-corrected chi connectivity index (χ0v) is 15.1. The van der Waals surface area contributed by atoms with Gasteiger partial charge in [0.1, 0.15) is 17.1 Å². The Bertz CT molecular complexity index is 1100. The number of aromatic nitrogens is 5. The van der Waals surface area contributed by atoms with Gasteiger partial charge < -0.3 is 9.47 Å². The van der Waals surface area contributed by atoms with Crippen molar-refractivity contribution in [1.82, 2.24) is 24.6 Å². The maximum Gasteiger partial charge on any atom is 0.215 e. The van der Waals surface area contributed by atoms with Gasteiger partial charge in [-0.3, -0.25) is 4.40 Å². The molecule has 7 nitrogen and oxygen atoms in total. The number of methoxy groups -OCH3 is 1. The van der Waals surface area contributed by atoms with Gasteiger partial charge in [-0.15, -0.1) is 10.2 Å². The highest BCUT2D eigenvalue weighted by molar-refractivity contribution is 5.77. The number of nitrogens with zero attached hydrogens (tertiary/aromatic N) is 5. The van der Waals surface area contributed by atoms with E-state index in [0.29, 0.717) is 22.7 Å². The largest absolute Gasteiger partial charge is 0.491 e. The van der Waals surface area contributed by atoms with Crippen molar-refractivity contribution in [2.75, 3.05) is 7.11 Å². The maximum absolute atomic E-state index is 5.82. The van der Waals surface area contributed by atoms with Crippen LogP contribution in [0.4, 0.5) is 0 Å². The van der Waals surface area contributed by atoms with Gasteiger partial charge in [-0.1, -0.05) is 12.1 Å². The lowest BCUT2D eigenvalue weighted by atomic mass is 10.2. The van der Waals surface area contributed by atoms with Crippen LogP contribution < -0.4 is 9.47 Å². The molecule has 0 unspecified atom stereocenters. The molecule has 0 radical (unpaired) electrons. The lowest BCUT2D eigenvalue weighted by Gasteiger charge is -2.11. The van der Waals surface area contributed by atoms with E-state index < -0.39 is 0 Å². The average molecular weight is 349 g/mol. The quantitative estimate of drug-likeness (QED) is 0.562. The van der Waals surface area contributed by atoms with Crippen LogP contribution >= 0.6 is 0 Å². The third-order valence-corrected chi connectivity index (χ3v) is 3.99. The van der Waals surface area contributed by atoms with E-state index >= 15 is 0 Å². The summed E-state index contributed by atoms with van der Waals surface area (Å²) in [7, 11) is 1.59. The Morgan fingerprint density at radius 3 is 2.62 bits per heavy atom. The topological polar surface area (TPSA) is 74.4 Å². The fourth-order valence-corrected chi connectivity index (χ4v) is 2.89. The van der Waals surface area contributed by atoms with Crippen molar-refractivity contribution < 1.29 is 9.47 Å². The van der Waals surface area contributed by atoms with Gasteiger partial charge in [-0.05, 0) is 39.0 Å². The number of ether oxygens (including phenoxy) is 2. The molecule has 0 amide bonds. The fraction of sp³-hybridized carbons (Fsp3) is 0.263. The molecule has 1 aromatic carbocycles. The SMILES string of the molecule is COc1ccc2nnc3c(C)nc(-c4cccc(OC(C)C)c4)n3c2n1. The molecule has 0 saturated carbocycles. The highest BCUT2D eigenvalue weighted by Gasteiger charge is 2.17. The molecule has 0 atom stereocenters. The van der Waals surface area contributed by atoms with Crippen LogP contribution in [0.3, 0.4) is 0 Å². The Morgan fingerprint density at radius 1 is 1.00 bits per heavy atom. The van der Waals surface area contributed by atoms with E-state index in [4.69, 9.17) is 14.5 Å². The highest BCUT2D eigenvalue weighted by Crippen LogP contribution is 2.28. The smallest absolute Gasteiger partial charge is 0.215 e. The number of pyridine rings is 1. The molecule has 132 valence electrons. The van der Waals surface area contributed by atoms with Crippen molar-refractivity contribution in [3.8, 4) is 23.0 Å². The predicted octanol–water partition coefficient (Wildman–Crippen LogP) is 3.44. The molecule has 0 saturated heterocycles. The van der Waals surface area contributed by atoms with Crippen molar-refractivity contribution in [3.63, 3.8) is 0 Å². The molecule has 0 aliphatic rings. The van der Waals surface area contributed by atoms with E-state index in [0.717, 1.165) is 22.8 Å². The molecule has 4 aromatic rings. The van der Waals surface area contributed by atoms with Crippen LogP contribution in [-0.4, -0.2) is 37.8 Å². The summed E-state index contributed by atoms with van der Waals surface area (Å²) in [5, 5.41) is 8.58. The molecule has 0 aliphatic heterocycles. The summed E-state index contributed by atoms with van der Waals surface area (Å²) >= 11 is 0. The number of imidazole rings is 1. The molecule has 4 rings (SSSR count). The van der Waals surface area contributed by atoms with Gasteiger partial charge in [0.05, 0.1) is 18.9 Å². The second-order valence-corrected chi connectivity index (χ2v) is 6.27. The molecular weight excluding hydrogens is 330 g/mol. The van der Waals surface area contributed by atoms with Crippen molar-refractivity contribution >= 4 is 16.8 Å². The summed E-state index contributed by atoms with van der Waals surface area (Å²) in [6.07, 6.45) is 0.0987. The molecular formula is C19H19N5O2. The maximum atomic E-state index is 5.82. The van der Waals surface area contributed by atoms with Crippen LogP contribution in [0.5, 0.6) is 11.6 Å². The monoisotopic (exact) mass is 349 g/mol. The first-order valence-electron chi connectivity index (χ1n) is 8.40. The van der Waals surface area contributed by atoms with Gasteiger partial charge in [-0.2, -0.15) is 4.98 Å². The van der Waals surface area contributed by atoms with Crippen LogP contribution in [0, 0.1) is 6.92 Å². The van der Waals surface area contributed by atoms with Crippen molar-refractivity contribution in [2.24, 2.45) is 0 Å². The van der Waals surface area contributed by atoms with Gasteiger partial charge in [0.2, 0.25) is 5.88 Å². The second kappa shape index (κ2) is 6.25. The lowest BCUT2D eigenvalue weighted by molar-refractivity contribution is 0.242. The molecule has 26 heavy (non-hydrogen) atoms. The number of benzene rings is 1. The molecule has 3 heterocycles. The van der Waals surface area contributed by atoms with E-state index in [-0.39, 0.29) is 6.10 Å². The Kier molecular flexibility index (Phi) is 3.91. The van der Waals surface area contributed by atoms with Crippen molar-refractivity contribution in [3.05, 3.63) is 42.1 Å². The third-order valence-electron chi connectivity index (χ3n) is 3.99. The second-order valence-electron chi connectivity index (χ2n) is 6.27. The molecule has 0 N–H and O–H groups in total. The first kappa shape index (κ1) is 16.3. The van der Waals surface area contributed by atoms with Gasteiger partial charge in [0.25, 0.3) is 0 Å². The minimum Gasteiger partial charge on any atom is -0.491 e. The van der Waals surface area contributed by atoms with Crippen LogP contribution in [-0.2, 0) is 0 Å². The zero-order valence-electron chi connectivity index (χ0n) is 15.1. The first-order valence-corrected chi connectivity index (χ1v) is 8.40. The summed E-state index contributed by atoms with van der Waals surface area (Å²) in [5.74, 6) is 2.05. The van der Waals surface area contributed by atoms with Crippen molar-refractivity contribution in [2.45, 2.75) is 26.9 Å². The van der Waals surface area contributed by atoms with Crippen LogP contribution in [0.1, 0.15) is 19.5 Å². The minimum absolute atomic E-state index is 0.0987. The summed E-state index contributed by atoms with van der Waals surface area (Å²) in [6, 6.07) is 11.5. The van der Waals surface area contributed by atoms with Crippen LogP contribution in [0.15, 0.2) is 36.4 Å². The van der Waals surface area contributed by atoms with E-state index in [2.05, 4.69) is 15.2 Å². The number of rotatable bonds is 4. The Hall–Kier alpha value is -3.22. The molecule has 7 heteroatoms. The number of hydrogen-bond acceptors (Lipinski definition) is 6. The van der Waals surface area contributed by atoms with Gasteiger partial charge >= 0.3 is 0 Å². The minimum atomic E-state index is 0.0987. The standard InChI is InChI=1S/C19H19N5O2/c1-11(2)26-14-7-5-6-13(10-14)18-20-12(3)17-23-22-15-8-9-16(25-4)21-19(15)24(17)18/h5-11H,1-4H3. The fourth-order valence-electron chi connectivity index (χ4n) is 2.89. The van der Waals surface area contributed by atoms with E-state index in [9.17, 15) is 0 Å². The molecule has 0 spiro atoms. The normalized spacial score (nSPS) is 11.4. The van der Waals surface area contributed by atoms with Crippen LogP contribution in [0.2, 0.25) is 0 Å². The third kappa shape index (κ3) is 2.71. The van der Waals surface area contributed by atoms with E-state index in [1.807, 2.05) is 55.5 Å². The van der Waals surface area contributed by atoms with Gasteiger partial charge in [0, 0.05) is 11.6 Å². The zero-order chi connectivity index (χ0) is 18.3. The summed E-state index contributed by atoms with van der Waals surface area (Å²) in [4.78, 5) is 9.27. The Morgan fingerprint density at radius 2 is 1.85 bits per heavy atom. The van der Waals surface area contributed by atoms with Crippen LogP contribution in [0.25, 0.3) is 28.2 Å². The summed E-state index contributed by atoms with van der Waals surface area (Å²) < 4.78 is 13.0. The first-order chi connectivity index (χ1) is 12.6. The number of fused-ring (bicyclic) bond motifs is 3. The number of hydrogen-bond donors (Lipinski definition) is 0.